The Balaban J connectivity index is 2.35. The molecule has 0 unspecified atom stereocenters. The van der Waals surface area contributed by atoms with Gasteiger partial charge in [0.15, 0.2) is 5.82 Å². The lowest BCUT2D eigenvalue weighted by molar-refractivity contribution is -0.385. The van der Waals surface area contributed by atoms with Gasteiger partial charge in [0.25, 0.3) is 11.6 Å². The molecule has 0 atom stereocenters. The summed E-state index contributed by atoms with van der Waals surface area (Å²) in [6, 6.07) is 7.87. The van der Waals surface area contributed by atoms with E-state index in [2.05, 4.69) is 10.3 Å². The van der Waals surface area contributed by atoms with Gasteiger partial charge >= 0.3 is 0 Å². The molecule has 7 heteroatoms. The smallest absolute Gasteiger partial charge is 0.273 e. The molecule has 0 aliphatic carbocycles. The van der Waals surface area contributed by atoms with Crippen LogP contribution in [0.5, 0.6) is 0 Å². The molecule has 0 radical (unpaired) electrons. The predicted molar refractivity (Wildman–Crippen MR) is 84.4 cm³/mol. The van der Waals surface area contributed by atoms with Crippen molar-refractivity contribution in [3.05, 3.63) is 57.8 Å². The standard InChI is InChI=1S/C15H16N4O3/c1-10-11(6-4-8-13(10)19(21)22)15(20)17-12-7-5-9-16-14(12)18(2)3/h4-9H,1-3H3,(H,17,20). The van der Waals surface area contributed by atoms with Crippen molar-refractivity contribution in [1.29, 1.82) is 0 Å². The first-order chi connectivity index (χ1) is 10.4. The second-order valence-electron chi connectivity index (χ2n) is 4.93. The summed E-state index contributed by atoms with van der Waals surface area (Å²) in [5, 5.41) is 13.7. The van der Waals surface area contributed by atoms with E-state index in [1.807, 2.05) is 14.1 Å². The molecule has 1 aromatic heterocycles. The van der Waals surface area contributed by atoms with Crippen LogP contribution in [0.3, 0.4) is 0 Å². The minimum atomic E-state index is -0.499. The lowest BCUT2D eigenvalue weighted by atomic mass is 10.1. The van der Waals surface area contributed by atoms with Crippen LogP contribution in [-0.2, 0) is 0 Å². The minimum absolute atomic E-state index is 0.0772. The number of carbonyl (C=O) groups excluding carboxylic acids is 1. The fourth-order valence-electron chi connectivity index (χ4n) is 2.11. The van der Waals surface area contributed by atoms with Gasteiger partial charge in [-0.15, -0.1) is 0 Å². The number of nitro groups is 1. The Morgan fingerprint density at radius 2 is 2.00 bits per heavy atom. The Labute approximate surface area is 127 Å². The number of nitro benzene ring substituents is 1. The Morgan fingerprint density at radius 3 is 2.64 bits per heavy atom. The van der Waals surface area contributed by atoms with Crippen molar-refractivity contribution in [1.82, 2.24) is 4.98 Å². The lowest BCUT2D eigenvalue weighted by Crippen LogP contribution is -2.18. The van der Waals surface area contributed by atoms with Gasteiger partial charge in [0, 0.05) is 37.5 Å². The molecule has 2 aromatic rings. The Morgan fingerprint density at radius 1 is 1.27 bits per heavy atom. The fraction of sp³-hybridized carbons (Fsp3) is 0.200. The number of hydrogen-bond acceptors (Lipinski definition) is 5. The van der Waals surface area contributed by atoms with E-state index >= 15 is 0 Å². The van der Waals surface area contributed by atoms with Crippen molar-refractivity contribution in [3.63, 3.8) is 0 Å². The van der Waals surface area contributed by atoms with Crippen LogP contribution in [-0.4, -0.2) is 29.9 Å². The number of amides is 1. The average molecular weight is 300 g/mol. The predicted octanol–water partition coefficient (Wildman–Crippen LogP) is 2.62. The maximum Gasteiger partial charge on any atom is 0.273 e. The maximum atomic E-state index is 12.4. The van der Waals surface area contributed by atoms with Crippen LogP contribution in [0.2, 0.25) is 0 Å². The summed E-state index contributed by atoms with van der Waals surface area (Å²) < 4.78 is 0. The average Bonchev–Trinajstić information content (AvgIpc) is 2.47. The molecule has 114 valence electrons. The highest BCUT2D eigenvalue weighted by Gasteiger charge is 2.19. The summed E-state index contributed by atoms with van der Waals surface area (Å²) in [6.45, 7) is 1.56. The van der Waals surface area contributed by atoms with Gasteiger partial charge in [-0.05, 0) is 25.1 Å². The van der Waals surface area contributed by atoms with E-state index < -0.39 is 10.8 Å². The van der Waals surface area contributed by atoms with Crippen LogP contribution in [0.25, 0.3) is 0 Å². The molecule has 0 aliphatic rings. The molecule has 0 saturated carbocycles. The van der Waals surface area contributed by atoms with Gasteiger partial charge in [-0.3, -0.25) is 14.9 Å². The fourth-order valence-corrected chi connectivity index (χ4v) is 2.11. The number of hydrogen-bond donors (Lipinski definition) is 1. The zero-order valence-electron chi connectivity index (χ0n) is 12.5. The zero-order chi connectivity index (χ0) is 16.3. The van der Waals surface area contributed by atoms with Crippen molar-refractivity contribution >= 4 is 23.1 Å². The van der Waals surface area contributed by atoms with Crippen molar-refractivity contribution < 1.29 is 9.72 Å². The monoisotopic (exact) mass is 300 g/mol. The van der Waals surface area contributed by atoms with E-state index in [4.69, 9.17) is 0 Å². The summed E-state index contributed by atoms with van der Waals surface area (Å²) in [4.78, 5) is 28.8. The van der Waals surface area contributed by atoms with Crippen LogP contribution in [0.4, 0.5) is 17.2 Å². The van der Waals surface area contributed by atoms with Crippen molar-refractivity contribution in [2.24, 2.45) is 0 Å². The van der Waals surface area contributed by atoms with Crippen LogP contribution in [0.1, 0.15) is 15.9 Å². The number of rotatable bonds is 4. The Kier molecular flexibility index (Phi) is 4.36. The van der Waals surface area contributed by atoms with Gasteiger partial charge < -0.3 is 10.2 Å². The van der Waals surface area contributed by atoms with Crippen LogP contribution < -0.4 is 10.2 Å². The van der Waals surface area contributed by atoms with Crippen molar-refractivity contribution in [2.45, 2.75) is 6.92 Å². The largest absolute Gasteiger partial charge is 0.361 e. The molecular weight excluding hydrogens is 284 g/mol. The number of carbonyl (C=O) groups is 1. The van der Waals surface area contributed by atoms with Gasteiger partial charge in [-0.25, -0.2) is 4.98 Å². The first-order valence-electron chi connectivity index (χ1n) is 6.59. The molecule has 1 aromatic carbocycles. The Hall–Kier alpha value is -2.96. The second kappa shape index (κ2) is 6.21. The summed E-state index contributed by atoms with van der Waals surface area (Å²) in [6.07, 6.45) is 1.63. The molecular formula is C15H16N4O3. The zero-order valence-corrected chi connectivity index (χ0v) is 12.5. The SMILES string of the molecule is Cc1c(C(=O)Nc2cccnc2N(C)C)cccc1[N+](=O)[O-]. The van der Waals surface area contributed by atoms with Crippen molar-refractivity contribution in [3.8, 4) is 0 Å². The second-order valence-corrected chi connectivity index (χ2v) is 4.93. The topological polar surface area (TPSA) is 88.4 Å². The first kappa shape index (κ1) is 15.4. The van der Waals surface area contributed by atoms with Crippen LogP contribution >= 0.6 is 0 Å². The number of nitrogens with one attached hydrogen (secondary N) is 1. The summed E-state index contributed by atoms with van der Waals surface area (Å²) in [7, 11) is 3.63. The van der Waals surface area contributed by atoms with Gasteiger partial charge in [-0.1, -0.05) is 6.07 Å². The third-order valence-corrected chi connectivity index (χ3v) is 3.21. The van der Waals surface area contributed by atoms with Crippen molar-refractivity contribution in [2.75, 3.05) is 24.3 Å². The minimum Gasteiger partial charge on any atom is -0.361 e. The van der Waals surface area contributed by atoms with Crippen LogP contribution in [0, 0.1) is 17.0 Å². The van der Waals surface area contributed by atoms with E-state index in [1.54, 1.807) is 36.2 Å². The lowest BCUT2D eigenvalue weighted by Gasteiger charge is -2.16. The normalized spacial score (nSPS) is 10.1. The molecule has 0 spiro atoms. The third-order valence-electron chi connectivity index (χ3n) is 3.21. The number of pyridine rings is 1. The molecule has 1 amide bonds. The highest BCUT2D eigenvalue weighted by atomic mass is 16.6. The third kappa shape index (κ3) is 3.03. The highest BCUT2D eigenvalue weighted by molar-refractivity contribution is 6.07. The molecule has 0 fully saturated rings. The van der Waals surface area contributed by atoms with Gasteiger partial charge in [-0.2, -0.15) is 0 Å². The Bertz CT molecular complexity index is 728. The number of nitrogens with zero attached hydrogens (tertiary/aromatic N) is 3. The maximum absolute atomic E-state index is 12.4. The van der Waals surface area contributed by atoms with Gasteiger partial charge in [0.1, 0.15) is 0 Å². The van der Waals surface area contributed by atoms with E-state index in [0.29, 0.717) is 17.1 Å². The van der Waals surface area contributed by atoms with E-state index in [9.17, 15) is 14.9 Å². The molecule has 7 nitrogen and oxygen atoms in total. The molecule has 0 bridgehead atoms. The number of anilines is 2. The summed E-state index contributed by atoms with van der Waals surface area (Å²) >= 11 is 0. The molecule has 1 N–H and O–H groups in total. The van der Waals surface area contributed by atoms with E-state index in [0.717, 1.165) is 0 Å². The summed E-state index contributed by atoms with van der Waals surface area (Å²) in [5.74, 6) is 0.205. The number of aromatic nitrogens is 1. The first-order valence-corrected chi connectivity index (χ1v) is 6.59. The molecule has 0 aliphatic heterocycles. The highest BCUT2D eigenvalue weighted by Crippen LogP contribution is 2.24. The molecule has 2 rings (SSSR count). The number of benzene rings is 1. The van der Waals surface area contributed by atoms with E-state index in [-0.39, 0.29) is 11.3 Å². The van der Waals surface area contributed by atoms with Crippen LogP contribution in [0.15, 0.2) is 36.5 Å². The molecule has 1 heterocycles. The van der Waals surface area contributed by atoms with E-state index in [1.165, 1.54) is 12.1 Å². The summed E-state index contributed by atoms with van der Waals surface area (Å²) in [5.41, 5.74) is 1.07. The molecule has 22 heavy (non-hydrogen) atoms. The van der Waals surface area contributed by atoms with Gasteiger partial charge in [0.05, 0.1) is 10.6 Å². The molecule has 0 saturated heterocycles. The van der Waals surface area contributed by atoms with Gasteiger partial charge in [0.2, 0.25) is 0 Å². The quantitative estimate of drug-likeness (QED) is 0.692.